The number of aromatic hydroxyl groups is 1. The lowest BCUT2D eigenvalue weighted by Gasteiger charge is -2.38. The topological polar surface area (TPSA) is 140 Å². The summed E-state index contributed by atoms with van der Waals surface area (Å²) in [5.41, 5.74) is 2.00. The Morgan fingerprint density at radius 3 is 2.26 bits per heavy atom. The van der Waals surface area contributed by atoms with Gasteiger partial charge in [-0.25, -0.2) is 0 Å². The monoisotopic (exact) mass is 594 g/mol. The first-order chi connectivity index (χ1) is 20.4. The Morgan fingerprint density at radius 2 is 1.63 bits per heavy atom. The predicted octanol–water partition coefficient (Wildman–Crippen LogP) is 2.23. The van der Waals surface area contributed by atoms with Gasteiger partial charge in [0.05, 0.1) is 18.2 Å². The van der Waals surface area contributed by atoms with E-state index in [0.29, 0.717) is 18.8 Å². The number of hydrogen-bond acceptors (Lipinski definition) is 7. The molecule has 5 rings (SSSR count). The molecular formula is C33H46N4O6. The van der Waals surface area contributed by atoms with Gasteiger partial charge in [-0.2, -0.15) is 0 Å². The van der Waals surface area contributed by atoms with E-state index in [9.17, 15) is 19.5 Å². The van der Waals surface area contributed by atoms with Gasteiger partial charge in [-0.3, -0.25) is 14.4 Å². The molecular weight excluding hydrogens is 548 g/mol. The Hall–Kier alpha value is -3.63. The second-order valence-electron chi connectivity index (χ2n) is 12.4. The van der Waals surface area contributed by atoms with Gasteiger partial charge >= 0.3 is 0 Å². The summed E-state index contributed by atoms with van der Waals surface area (Å²) in [6.07, 6.45) is 5.10. The highest BCUT2D eigenvalue weighted by molar-refractivity contribution is 5.92. The van der Waals surface area contributed by atoms with Gasteiger partial charge in [0, 0.05) is 20.1 Å². The summed E-state index contributed by atoms with van der Waals surface area (Å²) in [4.78, 5) is 40.2. The summed E-state index contributed by atoms with van der Waals surface area (Å²) in [5.74, 6) is 0.341. The maximum atomic E-state index is 13.5. The van der Waals surface area contributed by atoms with Crippen molar-refractivity contribution in [1.82, 2.24) is 20.9 Å². The van der Waals surface area contributed by atoms with Crippen molar-refractivity contribution in [2.75, 3.05) is 26.7 Å². The van der Waals surface area contributed by atoms with E-state index in [-0.39, 0.29) is 30.4 Å². The molecule has 0 spiro atoms. The molecule has 234 valence electrons. The van der Waals surface area contributed by atoms with Crippen LogP contribution in [0.25, 0.3) is 0 Å². The second kappa shape index (κ2) is 14.2. The Labute approximate surface area is 254 Å². The minimum Gasteiger partial charge on any atom is -0.508 e. The standard InChI is InChI=1S/C26H38N4O5.C7H8O/c1-26(2,34)23-24(32)29-15-20(31)27-13-5-8-17-6-4-7-18-11-12-19(35-22(17)18)14-28-21(16-9-10-16)25(33)30(23)3;1-6-2-4-7(8)5-3-6/h4,6-7,16,19,21,23,28,34H,5,8-15H2,1-3H3,(H,27,31)(H,29,32);2-5,8H,1H3. The number of rotatable bonds is 2. The smallest absolute Gasteiger partial charge is 0.246 e. The molecule has 1 fully saturated rings. The zero-order valence-corrected chi connectivity index (χ0v) is 25.7. The number of ether oxygens (including phenoxy) is 1. The van der Waals surface area contributed by atoms with Crippen LogP contribution < -0.4 is 20.7 Å². The highest BCUT2D eigenvalue weighted by atomic mass is 16.5. The lowest BCUT2D eigenvalue weighted by molar-refractivity contribution is -0.149. The summed E-state index contributed by atoms with van der Waals surface area (Å²) >= 11 is 0. The van der Waals surface area contributed by atoms with Gasteiger partial charge in [0.1, 0.15) is 23.6 Å². The molecule has 1 saturated carbocycles. The first kappa shape index (κ1) is 32.3. The van der Waals surface area contributed by atoms with Crippen LogP contribution in [0.15, 0.2) is 42.5 Å². The van der Waals surface area contributed by atoms with Crippen molar-refractivity contribution in [2.24, 2.45) is 5.92 Å². The second-order valence-corrected chi connectivity index (χ2v) is 12.4. The molecule has 2 aromatic carbocycles. The maximum absolute atomic E-state index is 13.5. The van der Waals surface area contributed by atoms with Crippen LogP contribution in [-0.2, 0) is 27.2 Å². The van der Waals surface area contributed by atoms with Crippen LogP contribution in [0.4, 0.5) is 0 Å². The summed E-state index contributed by atoms with van der Waals surface area (Å²) in [7, 11) is 1.54. The number of phenols is 1. The Morgan fingerprint density at radius 1 is 0.953 bits per heavy atom. The molecule has 2 aliphatic heterocycles. The molecule has 2 bridgehead atoms. The predicted molar refractivity (Wildman–Crippen MR) is 164 cm³/mol. The first-order valence-electron chi connectivity index (χ1n) is 15.2. The maximum Gasteiger partial charge on any atom is 0.246 e. The average Bonchev–Trinajstić information content (AvgIpc) is 3.80. The highest BCUT2D eigenvalue weighted by Crippen LogP contribution is 2.35. The van der Waals surface area contributed by atoms with Crippen molar-refractivity contribution >= 4 is 17.7 Å². The number of carbonyl (C=O) groups is 3. The fourth-order valence-corrected chi connectivity index (χ4v) is 5.71. The van der Waals surface area contributed by atoms with E-state index in [1.807, 2.05) is 25.1 Å². The van der Waals surface area contributed by atoms with Crippen molar-refractivity contribution in [2.45, 2.75) is 83.1 Å². The van der Waals surface area contributed by atoms with E-state index in [2.05, 4.69) is 28.1 Å². The highest BCUT2D eigenvalue weighted by Gasteiger charge is 2.44. The zero-order chi connectivity index (χ0) is 31.1. The van der Waals surface area contributed by atoms with Crippen LogP contribution >= 0.6 is 0 Å². The fourth-order valence-electron chi connectivity index (χ4n) is 5.71. The SMILES string of the molecule is CN1C(=O)C(C2CC2)NCC2CCc3cccc(c3O2)CCCNC(=O)CNC(=O)C1C(C)(C)O.Cc1ccc(O)cc1. The number of aliphatic hydroxyl groups is 1. The third-order valence-electron chi connectivity index (χ3n) is 8.18. The molecule has 2 heterocycles. The summed E-state index contributed by atoms with van der Waals surface area (Å²) < 4.78 is 6.40. The third kappa shape index (κ3) is 8.93. The van der Waals surface area contributed by atoms with Gasteiger partial charge in [0.25, 0.3) is 0 Å². The number of phenolic OH excluding ortho intramolecular Hbond substituents is 1. The summed E-state index contributed by atoms with van der Waals surface area (Å²) in [5, 5.41) is 28.4. The van der Waals surface area contributed by atoms with Crippen molar-refractivity contribution in [1.29, 1.82) is 0 Å². The summed E-state index contributed by atoms with van der Waals surface area (Å²) in [6.45, 7) is 5.77. The van der Waals surface area contributed by atoms with E-state index < -0.39 is 23.6 Å². The number of fused-ring (bicyclic) bond motifs is 1. The van der Waals surface area contributed by atoms with Crippen LogP contribution in [0.3, 0.4) is 0 Å². The molecule has 1 aliphatic carbocycles. The van der Waals surface area contributed by atoms with E-state index in [0.717, 1.165) is 49.8 Å². The third-order valence-corrected chi connectivity index (χ3v) is 8.18. The van der Waals surface area contributed by atoms with Crippen molar-refractivity contribution in [3.63, 3.8) is 0 Å². The van der Waals surface area contributed by atoms with Crippen molar-refractivity contribution in [3.8, 4) is 11.5 Å². The first-order valence-corrected chi connectivity index (χ1v) is 15.2. The molecule has 10 heteroatoms. The lowest BCUT2D eigenvalue weighted by Crippen LogP contribution is -2.62. The molecule has 3 atom stereocenters. The van der Waals surface area contributed by atoms with E-state index in [1.165, 1.54) is 29.9 Å². The van der Waals surface area contributed by atoms with Crippen LogP contribution in [0, 0.1) is 12.8 Å². The van der Waals surface area contributed by atoms with Crippen LogP contribution in [0.2, 0.25) is 0 Å². The molecule has 3 aliphatic rings. The number of aryl methyl sites for hydroxylation is 3. The van der Waals surface area contributed by atoms with E-state index in [1.54, 1.807) is 19.2 Å². The molecule has 0 saturated heterocycles. The number of likely N-dealkylation sites (N-methyl/N-ethyl adjacent to an activating group) is 1. The normalized spacial score (nSPS) is 23.9. The Kier molecular flexibility index (Phi) is 10.7. The Bertz CT molecular complexity index is 1250. The van der Waals surface area contributed by atoms with E-state index in [4.69, 9.17) is 9.84 Å². The minimum atomic E-state index is -1.49. The molecule has 3 unspecified atom stereocenters. The molecule has 10 nitrogen and oxygen atoms in total. The van der Waals surface area contributed by atoms with Gasteiger partial charge in [0.15, 0.2) is 0 Å². The van der Waals surface area contributed by atoms with Crippen LogP contribution in [0.1, 0.15) is 56.2 Å². The van der Waals surface area contributed by atoms with Crippen LogP contribution in [-0.4, -0.2) is 83.3 Å². The number of nitrogens with one attached hydrogen (secondary N) is 3. The average molecular weight is 595 g/mol. The molecule has 0 aromatic heterocycles. The molecule has 3 amide bonds. The van der Waals surface area contributed by atoms with Crippen molar-refractivity contribution < 1.29 is 29.3 Å². The molecule has 43 heavy (non-hydrogen) atoms. The molecule has 0 radical (unpaired) electrons. The number of nitrogens with zero attached hydrogens (tertiary/aromatic N) is 1. The Balaban J connectivity index is 0.000000458. The lowest BCUT2D eigenvalue weighted by atomic mass is 9.95. The minimum absolute atomic E-state index is 0.0602. The zero-order valence-electron chi connectivity index (χ0n) is 25.7. The van der Waals surface area contributed by atoms with Crippen molar-refractivity contribution in [3.05, 3.63) is 59.2 Å². The van der Waals surface area contributed by atoms with Gasteiger partial charge < -0.3 is 35.8 Å². The number of carbonyl (C=O) groups excluding carboxylic acids is 3. The number of para-hydroxylation sites is 1. The van der Waals surface area contributed by atoms with Gasteiger partial charge in [-0.05, 0) is 88.5 Å². The van der Waals surface area contributed by atoms with E-state index >= 15 is 0 Å². The van der Waals surface area contributed by atoms with Gasteiger partial charge in [-0.15, -0.1) is 0 Å². The number of hydrogen-bond donors (Lipinski definition) is 5. The largest absolute Gasteiger partial charge is 0.508 e. The van der Waals surface area contributed by atoms with Gasteiger partial charge in [-0.1, -0.05) is 35.9 Å². The number of benzene rings is 2. The quantitative estimate of drug-likeness (QED) is 0.359. The summed E-state index contributed by atoms with van der Waals surface area (Å²) in [6, 6.07) is 11.7. The number of amides is 3. The molecule has 5 N–H and O–H groups in total. The fraction of sp³-hybridized carbons (Fsp3) is 0.545. The van der Waals surface area contributed by atoms with Crippen LogP contribution in [0.5, 0.6) is 11.5 Å². The van der Waals surface area contributed by atoms with Gasteiger partial charge in [0.2, 0.25) is 17.7 Å². The molecule has 2 aromatic rings.